The van der Waals surface area contributed by atoms with Crippen LogP contribution in [0, 0.1) is 5.92 Å². The van der Waals surface area contributed by atoms with E-state index in [1.807, 2.05) is 19.2 Å². The summed E-state index contributed by atoms with van der Waals surface area (Å²) in [7, 11) is 1.81. The molecule has 1 fully saturated rings. The minimum atomic E-state index is 0.758. The number of ether oxygens (including phenoxy) is 1. The van der Waals surface area contributed by atoms with Gasteiger partial charge in [0.05, 0.1) is 6.61 Å². The highest BCUT2D eigenvalue weighted by atomic mass is 16.5. The Kier molecular flexibility index (Phi) is 5.71. The quantitative estimate of drug-likeness (QED) is 0.594. The van der Waals surface area contributed by atoms with Crippen LogP contribution in [0.25, 0.3) is 0 Å². The molecule has 4 nitrogen and oxygen atoms in total. The average molecular weight is 275 g/mol. The molecule has 2 rings (SSSR count). The van der Waals surface area contributed by atoms with Crippen molar-refractivity contribution in [2.24, 2.45) is 10.9 Å². The van der Waals surface area contributed by atoms with Crippen LogP contribution in [0.1, 0.15) is 31.7 Å². The van der Waals surface area contributed by atoms with Crippen molar-refractivity contribution in [1.29, 1.82) is 0 Å². The third kappa shape index (κ3) is 5.11. The number of rotatable bonds is 7. The minimum absolute atomic E-state index is 0.758. The van der Waals surface area contributed by atoms with Gasteiger partial charge in [-0.25, -0.2) is 0 Å². The lowest BCUT2D eigenvalue weighted by Gasteiger charge is -2.12. The fourth-order valence-corrected chi connectivity index (χ4v) is 1.93. The second-order valence-corrected chi connectivity index (χ2v) is 5.25. The van der Waals surface area contributed by atoms with Crippen molar-refractivity contribution in [3.05, 3.63) is 29.8 Å². The smallest absolute Gasteiger partial charge is 0.191 e. The molecule has 0 atom stereocenters. The molecule has 1 aliphatic carbocycles. The van der Waals surface area contributed by atoms with E-state index >= 15 is 0 Å². The molecule has 0 saturated heterocycles. The Labute approximate surface area is 121 Å². The van der Waals surface area contributed by atoms with Crippen LogP contribution in [0.15, 0.2) is 29.3 Å². The van der Waals surface area contributed by atoms with E-state index in [-0.39, 0.29) is 0 Å². The topological polar surface area (TPSA) is 45.6 Å². The zero-order valence-electron chi connectivity index (χ0n) is 12.5. The van der Waals surface area contributed by atoms with Crippen molar-refractivity contribution in [2.75, 3.05) is 20.2 Å². The molecule has 0 amide bonds. The molecular formula is C16H25N3O. The molecule has 0 heterocycles. The van der Waals surface area contributed by atoms with Gasteiger partial charge in [-0.05, 0) is 42.9 Å². The second kappa shape index (κ2) is 7.78. The van der Waals surface area contributed by atoms with Crippen molar-refractivity contribution in [3.63, 3.8) is 0 Å². The average Bonchev–Trinajstić information content (AvgIpc) is 3.30. The highest BCUT2D eigenvalue weighted by molar-refractivity contribution is 5.79. The second-order valence-electron chi connectivity index (χ2n) is 5.25. The van der Waals surface area contributed by atoms with Crippen molar-refractivity contribution >= 4 is 5.96 Å². The summed E-state index contributed by atoms with van der Waals surface area (Å²) in [5.74, 6) is 2.66. The van der Waals surface area contributed by atoms with Gasteiger partial charge in [0.25, 0.3) is 0 Å². The van der Waals surface area contributed by atoms with E-state index in [9.17, 15) is 0 Å². The van der Waals surface area contributed by atoms with Crippen LogP contribution in [-0.4, -0.2) is 26.2 Å². The van der Waals surface area contributed by atoms with Crippen LogP contribution in [0.3, 0.4) is 0 Å². The first-order valence-electron chi connectivity index (χ1n) is 7.48. The van der Waals surface area contributed by atoms with Gasteiger partial charge in [0.2, 0.25) is 0 Å². The van der Waals surface area contributed by atoms with Crippen molar-refractivity contribution in [2.45, 2.75) is 32.7 Å². The van der Waals surface area contributed by atoms with E-state index in [1.165, 1.54) is 18.4 Å². The summed E-state index contributed by atoms with van der Waals surface area (Å²) in [6.07, 6.45) is 3.72. The van der Waals surface area contributed by atoms with Gasteiger partial charge in [-0.3, -0.25) is 4.99 Å². The molecule has 0 spiro atoms. The molecule has 0 bridgehead atoms. The highest BCUT2D eigenvalue weighted by Crippen LogP contribution is 2.27. The lowest BCUT2D eigenvalue weighted by Crippen LogP contribution is -2.37. The number of benzene rings is 1. The Morgan fingerprint density at radius 2 is 2.20 bits per heavy atom. The van der Waals surface area contributed by atoms with Crippen molar-refractivity contribution in [3.8, 4) is 5.75 Å². The molecule has 0 aromatic heterocycles. The molecule has 2 N–H and O–H groups in total. The summed E-state index contributed by atoms with van der Waals surface area (Å²) in [4.78, 5) is 4.24. The fourth-order valence-electron chi connectivity index (χ4n) is 1.93. The largest absolute Gasteiger partial charge is 0.494 e. The van der Waals surface area contributed by atoms with E-state index < -0.39 is 0 Å². The molecule has 0 radical (unpaired) electrons. The Hall–Kier alpha value is -1.71. The first-order chi connectivity index (χ1) is 9.81. The van der Waals surface area contributed by atoms with Gasteiger partial charge in [-0.2, -0.15) is 0 Å². The van der Waals surface area contributed by atoms with Crippen LogP contribution in [-0.2, 0) is 6.54 Å². The monoisotopic (exact) mass is 275 g/mol. The first kappa shape index (κ1) is 14.7. The maximum Gasteiger partial charge on any atom is 0.191 e. The molecule has 4 heteroatoms. The molecule has 110 valence electrons. The number of nitrogens with one attached hydrogen (secondary N) is 2. The van der Waals surface area contributed by atoms with Crippen LogP contribution in [0.2, 0.25) is 0 Å². The summed E-state index contributed by atoms with van der Waals surface area (Å²) in [5, 5.41) is 6.69. The number of hydrogen-bond acceptors (Lipinski definition) is 2. The lowest BCUT2D eigenvalue weighted by atomic mass is 10.2. The molecular weight excluding hydrogens is 250 g/mol. The number of aliphatic imine (C=N–C) groups is 1. The Morgan fingerprint density at radius 1 is 1.35 bits per heavy atom. The predicted molar refractivity (Wildman–Crippen MR) is 83.2 cm³/mol. The summed E-state index contributed by atoms with van der Waals surface area (Å²) in [6.45, 7) is 4.66. The Morgan fingerprint density at radius 3 is 2.90 bits per heavy atom. The lowest BCUT2D eigenvalue weighted by molar-refractivity contribution is 0.317. The van der Waals surface area contributed by atoms with Gasteiger partial charge in [0.1, 0.15) is 5.75 Å². The third-order valence-electron chi connectivity index (χ3n) is 3.31. The summed E-state index contributed by atoms with van der Waals surface area (Å²) in [6, 6.07) is 8.21. The van der Waals surface area contributed by atoms with E-state index in [1.54, 1.807) is 0 Å². The van der Waals surface area contributed by atoms with E-state index in [4.69, 9.17) is 4.74 Å². The normalized spacial score (nSPS) is 15.0. The molecule has 0 aliphatic heterocycles. The van der Waals surface area contributed by atoms with Crippen LogP contribution >= 0.6 is 0 Å². The molecule has 1 aromatic carbocycles. The zero-order chi connectivity index (χ0) is 14.2. The maximum atomic E-state index is 5.64. The zero-order valence-corrected chi connectivity index (χ0v) is 12.5. The number of nitrogens with zero attached hydrogens (tertiary/aromatic N) is 1. The maximum absolute atomic E-state index is 5.64. The Balaban J connectivity index is 1.79. The van der Waals surface area contributed by atoms with Gasteiger partial charge in [0, 0.05) is 20.1 Å². The number of guanidine groups is 1. The van der Waals surface area contributed by atoms with Crippen LogP contribution < -0.4 is 15.4 Å². The van der Waals surface area contributed by atoms with E-state index in [2.05, 4.69) is 34.7 Å². The first-order valence-corrected chi connectivity index (χ1v) is 7.48. The fraction of sp³-hybridized carbons (Fsp3) is 0.562. The van der Waals surface area contributed by atoms with Gasteiger partial charge in [-0.1, -0.05) is 19.1 Å². The van der Waals surface area contributed by atoms with Crippen molar-refractivity contribution < 1.29 is 4.74 Å². The van der Waals surface area contributed by atoms with E-state index in [0.29, 0.717) is 0 Å². The molecule has 20 heavy (non-hydrogen) atoms. The molecule has 1 saturated carbocycles. The van der Waals surface area contributed by atoms with E-state index in [0.717, 1.165) is 43.7 Å². The molecule has 0 unspecified atom stereocenters. The highest BCUT2D eigenvalue weighted by Gasteiger charge is 2.20. The van der Waals surface area contributed by atoms with Crippen LogP contribution in [0.4, 0.5) is 0 Å². The standard InChI is InChI=1S/C16H25N3O/c1-3-9-20-15-6-4-5-14(10-15)12-19-16(17-2)18-11-13-7-8-13/h4-6,10,13H,3,7-9,11-12H2,1-2H3,(H2,17,18,19). The van der Waals surface area contributed by atoms with Crippen LogP contribution in [0.5, 0.6) is 5.75 Å². The summed E-state index contributed by atoms with van der Waals surface area (Å²) in [5.41, 5.74) is 1.20. The van der Waals surface area contributed by atoms with Gasteiger partial charge < -0.3 is 15.4 Å². The Bertz CT molecular complexity index is 441. The third-order valence-corrected chi connectivity index (χ3v) is 3.31. The van der Waals surface area contributed by atoms with Gasteiger partial charge in [0.15, 0.2) is 5.96 Å². The number of hydrogen-bond donors (Lipinski definition) is 2. The van der Waals surface area contributed by atoms with Gasteiger partial charge >= 0.3 is 0 Å². The predicted octanol–water partition coefficient (Wildman–Crippen LogP) is 2.55. The minimum Gasteiger partial charge on any atom is -0.494 e. The molecule has 1 aliphatic rings. The van der Waals surface area contributed by atoms with Crippen molar-refractivity contribution in [1.82, 2.24) is 10.6 Å². The summed E-state index contributed by atoms with van der Waals surface area (Å²) >= 11 is 0. The van der Waals surface area contributed by atoms with Gasteiger partial charge in [-0.15, -0.1) is 0 Å². The molecule has 1 aromatic rings. The SMILES string of the molecule is CCCOc1cccc(CNC(=NC)NCC2CC2)c1. The summed E-state index contributed by atoms with van der Waals surface area (Å²) < 4.78 is 5.64.